The zero-order valence-electron chi connectivity index (χ0n) is 15.5. The smallest absolute Gasteiger partial charge is 0.349 e. The number of methoxy groups -OCH3 is 1. The van der Waals surface area contributed by atoms with Gasteiger partial charge in [-0.2, -0.15) is 0 Å². The van der Waals surface area contributed by atoms with Crippen molar-refractivity contribution in [3.05, 3.63) is 44.3 Å². The number of ether oxygens (including phenoxy) is 2. The maximum absolute atomic E-state index is 12.4. The second kappa shape index (κ2) is 8.81. The Labute approximate surface area is 160 Å². The van der Waals surface area contributed by atoms with E-state index in [4.69, 9.17) is 13.9 Å². The summed E-state index contributed by atoms with van der Waals surface area (Å²) < 4.78 is 15.6. The summed E-state index contributed by atoms with van der Waals surface area (Å²) in [5.41, 5.74) is -1.19. The zero-order valence-corrected chi connectivity index (χ0v) is 15.5. The summed E-state index contributed by atoms with van der Waals surface area (Å²) in [5, 5.41) is 14.0. The SMILES string of the molecule is COc1cc([N+](=O)[O-])cc2cc(C(=O)NCCC[NH+]3CCOCC3)c(=O)oc12. The standard InChI is InChI=1S/C18H21N3O7/c1-26-15-11-13(21(24)25)9-12-10-14(18(23)28-16(12)15)17(22)19-3-2-4-20-5-7-27-8-6-20/h9-11H,2-8H2,1H3,(H,19,22)/p+1. The van der Waals surface area contributed by atoms with Crippen molar-refractivity contribution in [1.82, 2.24) is 5.32 Å². The minimum Gasteiger partial charge on any atom is -0.493 e. The topological polar surface area (TPSA) is 125 Å². The molecule has 1 aliphatic heterocycles. The molecule has 0 spiro atoms. The maximum atomic E-state index is 12.4. The molecule has 28 heavy (non-hydrogen) atoms. The second-order valence-electron chi connectivity index (χ2n) is 6.49. The number of fused-ring (bicyclic) bond motifs is 1. The van der Waals surface area contributed by atoms with Gasteiger partial charge in [0, 0.05) is 24.4 Å². The normalized spacial score (nSPS) is 14.8. The lowest BCUT2D eigenvalue weighted by molar-refractivity contribution is -0.908. The number of nitro groups is 1. The van der Waals surface area contributed by atoms with Gasteiger partial charge in [0.05, 0.1) is 37.9 Å². The summed E-state index contributed by atoms with van der Waals surface area (Å²) in [7, 11) is 1.32. The quantitative estimate of drug-likeness (QED) is 0.288. The molecule has 0 saturated carbocycles. The van der Waals surface area contributed by atoms with Gasteiger partial charge in [0.1, 0.15) is 18.7 Å². The first-order valence-electron chi connectivity index (χ1n) is 8.99. The summed E-state index contributed by atoms with van der Waals surface area (Å²) in [6, 6.07) is 3.69. The van der Waals surface area contributed by atoms with Gasteiger partial charge >= 0.3 is 5.63 Å². The molecular weight excluding hydrogens is 370 g/mol. The third-order valence-corrected chi connectivity index (χ3v) is 4.65. The number of carbonyl (C=O) groups excluding carboxylic acids is 1. The fourth-order valence-corrected chi connectivity index (χ4v) is 3.15. The van der Waals surface area contributed by atoms with Crippen molar-refractivity contribution >= 4 is 22.6 Å². The summed E-state index contributed by atoms with van der Waals surface area (Å²) in [6.45, 7) is 4.70. The maximum Gasteiger partial charge on any atom is 0.349 e. The molecule has 2 N–H and O–H groups in total. The van der Waals surface area contributed by atoms with Gasteiger partial charge < -0.3 is 24.1 Å². The lowest BCUT2D eigenvalue weighted by Gasteiger charge is -2.23. The molecule has 3 rings (SSSR count). The fraction of sp³-hybridized carbons (Fsp3) is 0.444. The molecule has 0 atom stereocenters. The summed E-state index contributed by atoms with van der Waals surface area (Å²) in [4.78, 5) is 36.5. The Morgan fingerprint density at radius 3 is 2.75 bits per heavy atom. The summed E-state index contributed by atoms with van der Waals surface area (Å²) in [6.07, 6.45) is 0.763. The van der Waals surface area contributed by atoms with E-state index in [0.717, 1.165) is 39.3 Å². The van der Waals surface area contributed by atoms with Crippen molar-refractivity contribution in [3.63, 3.8) is 0 Å². The van der Waals surface area contributed by atoms with Crippen LogP contribution in [0.1, 0.15) is 16.8 Å². The van der Waals surface area contributed by atoms with Gasteiger partial charge in [0.15, 0.2) is 11.3 Å². The van der Waals surface area contributed by atoms with Crippen LogP contribution in [-0.4, -0.2) is 57.3 Å². The second-order valence-corrected chi connectivity index (χ2v) is 6.49. The van der Waals surface area contributed by atoms with Crippen LogP contribution in [-0.2, 0) is 4.74 Å². The molecule has 0 bridgehead atoms. The third kappa shape index (κ3) is 4.46. The number of rotatable bonds is 7. The molecule has 0 radical (unpaired) electrons. The van der Waals surface area contributed by atoms with Crippen LogP contribution < -0.4 is 20.6 Å². The van der Waals surface area contributed by atoms with Crippen molar-refractivity contribution in [2.75, 3.05) is 46.5 Å². The van der Waals surface area contributed by atoms with E-state index >= 15 is 0 Å². The molecule has 1 aliphatic rings. The molecule has 10 heteroatoms. The molecule has 0 aliphatic carbocycles. The van der Waals surface area contributed by atoms with Gasteiger partial charge in [-0.3, -0.25) is 14.9 Å². The van der Waals surface area contributed by atoms with Gasteiger partial charge in [-0.25, -0.2) is 4.79 Å². The highest BCUT2D eigenvalue weighted by molar-refractivity contribution is 5.97. The van der Waals surface area contributed by atoms with E-state index in [1.165, 1.54) is 30.2 Å². The first-order valence-corrected chi connectivity index (χ1v) is 8.99. The van der Waals surface area contributed by atoms with E-state index in [2.05, 4.69) is 5.32 Å². The highest BCUT2D eigenvalue weighted by atomic mass is 16.6. The Balaban J connectivity index is 1.72. The molecule has 1 aromatic heterocycles. The molecule has 2 aromatic rings. The zero-order chi connectivity index (χ0) is 20.1. The van der Waals surface area contributed by atoms with Gasteiger partial charge in [0.25, 0.3) is 11.6 Å². The number of hydrogen-bond donors (Lipinski definition) is 2. The highest BCUT2D eigenvalue weighted by Crippen LogP contribution is 2.30. The van der Waals surface area contributed by atoms with Crippen LogP contribution in [0.25, 0.3) is 11.0 Å². The fourth-order valence-electron chi connectivity index (χ4n) is 3.15. The number of nitro benzene ring substituents is 1. The molecule has 1 saturated heterocycles. The van der Waals surface area contributed by atoms with Gasteiger partial charge in [0.2, 0.25) is 0 Å². The van der Waals surface area contributed by atoms with E-state index in [0.29, 0.717) is 6.54 Å². The lowest BCUT2D eigenvalue weighted by Crippen LogP contribution is -3.14. The number of benzene rings is 1. The number of non-ortho nitro benzene ring substituents is 1. The van der Waals surface area contributed by atoms with E-state index in [1.807, 2.05) is 0 Å². The Morgan fingerprint density at radius 2 is 2.07 bits per heavy atom. The highest BCUT2D eigenvalue weighted by Gasteiger charge is 2.19. The van der Waals surface area contributed by atoms with Crippen LogP contribution in [0, 0.1) is 10.1 Å². The Morgan fingerprint density at radius 1 is 1.32 bits per heavy atom. The molecule has 10 nitrogen and oxygen atoms in total. The number of carbonyl (C=O) groups is 1. The number of nitrogens with zero attached hydrogens (tertiary/aromatic N) is 1. The van der Waals surface area contributed by atoms with E-state index in [1.54, 1.807) is 0 Å². The molecule has 0 unspecified atom stereocenters. The van der Waals surface area contributed by atoms with E-state index in [-0.39, 0.29) is 28.0 Å². The van der Waals surface area contributed by atoms with Gasteiger partial charge in [-0.1, -0.05) is 0 Å². The van der Waals surface area contributed by atoms with Gasteiger partial charge in [-0.05, 0) is 6.07 Å². The van der Waals surface area contributed by atoms with Crippen molar-refractivity contribution in [3.8, 4) is 5.75 Å². The number of morpholine rings is 1. The number of hydrogen-bond acceptors (Lipinski definition) is 7. The summed E-state index contributed by atoms with van der Waals surface area (Å²) >= 11 is 0. The van der Waals surface area contributed by atoms with E-state index in [9.17, 15) is 19.7 Å². The van der Waals surface area contributed by atoms with Crippen LogP contribution in [0.2, 0.25) is 0 Å². The Bertz CT molecular complexity index is 935. The van der Waals surface area contributed by atoms with Gasteiger partial charge in [-0.15, -0.1) is 0 Å². The van der Waals surface area contributed by atoms with Crippen LogP contribution in [0.5, 0.6) is 5.75 Å². The lowest BCUT2D eigenvalue weighted by atomic mass is 10.1. The van der Waals surface area contributed by atoms with Crippen LogP contribution in [0.15, 0.2) is 27.4 Å². The minimum absolute atomic E-state index is 0.0572. The van der Waals surface area contributed by atoms with E-state index < -0.39 is 16.5 Å². The largest absolute Gasteiger partial charge is 0.493 e. The Hall–Kier alpha value is -2.98. The molecule has 2 heterocycles. The van der Waals surface area contributed by atoms with Crippen LogP contribution in [0.3, 0.4) is 0 Å². The molecule has 1 amide bonds. The minimum atomic E-state index is -0.823. The van der Waals surface area contributed by atoms with Crippen LogP contribution >= 0.6 is 0 Å². The van der Waals surface area contributed by atoms with Crippen molar-refractivity contribution in [2.24, 2.45) is 0 Å². The average molecular weight is 392 g/mol. The predicted octanol–water partition coefficient (Wildman–Crippen LogP) is -0.255. The summed E-state index contributed by atoms with van der Waals surface area (Å²) in [5.74, 6) is -0.514. The van der Waals surface area contributed by atoms with Crippen molar-refractivity contribution in [2.45, 2.75) is 6.42 Å². The first-order chi connectivity index (χ1) is 13.5. The number of quaternary nitrogens is 1. The molecule has 150 valence electrons. The molecule has 1 fully saturated rings. The third-order valence-electron chi connectivity index (χ3n) is 4.65. The average Bonchev–Trinajstić information content (AvgIpc) is 2.70. The Kier molecular flexibility index (Phi) is 6.22. The molecule has 1 aromatic carbocycles. The predicted molar refractivity (Wildman–Crippen MR) is 99.0 cm³/mol. The first kappa shape index (κ1) is 19.8. The monoisotopic (exact) mass is 392 g/mol. The number of amides is 1. The van der Waals surface area contributed by atoms with Crippen molar-refractivity contribution in [1.29, 1.82) is 0 Å². The molecular formula is C18H22N3O7+. The van der Waals surface area contributed by atoms with Crippen LogP contribution in [0.4, 0.5) is 5.69 Å². The number of nitrogens with one attached hydrogen (secondary N) is 2. The van der Waals surface area contributed by atoms with Crippen molar-refractivity contribution < 1.29 is 28.5 Å².